The summed E-state index contributed by atoms with van der Waals surface area (Å²) in [7, 11) is 0. The molecule has 0 nitrogen and oxygen atoms in total. The van der Waals surface area contributed by atoms with Crippen LogP contribution in [-0.2, 0) is 0 Å². The Bertz CT molecular complexity index is 501. The lowest BCUT2D eigenvalue weighted by atomic mass is 9.87. The highest BCUT2D eigenvalue weighted by molar-refractivity contribution is 6.02. The molecule has 1 atom stereocenters. The molecule has 0 aromatic heterocycles. The molecule has 2 aliphatic carbocycles. The molecule has 74 valence electrons. The van der Waals surface area contributed by atoms with Gasteiger partial charge in [-0.15, -0.1) is 0 Å². The number of rotatable bonds is 0. The van der Waals surface area contributed by atoms with E-state index < -0.39 is 0 Å². The first-order valence-electron chi connectivity index (χ1n) is 5.49. The molecular weight excluding hydrogens is 180 g/mol. The maximum Gasteiger partial charge on any atom is -0.0103 e. The Morgan fingerprint density at radius 3 is 2.73 bits per heavy atom. The van der Waals surface area contributed by atoms with E-state index in [1.807, 2.05) is 0 Å². The SMILES string of the molecule is C=C1C2=C(C=CCC2C)c2ccccc21. The molecule has 2 aliphatic rings. The van der Waals surface area contributed by atoms with Gasteiger partial charge in [-0.3, -0.25) is 0 Å². The Kier molecular flexibility index (Phi) is 1.72. The van der Waals surface area contributed by atoms with Gasteiger partial charge in [-0.2, -0.15) is 0 Å². The molecule has 1 aromatic rings. The van der Waals surface area contributed by atoms with Crippen molar-refractivity contribution in [1.82, 2.24) is 0 Å². The zero-order valence-corrected chi connectivity index (χ0v) is 8.96. The Balaban J connectivity index is 2.27. The molecule has 0 N–H and O–H groups in total. The molecule has 0 spiro atoms. The van der Waals surface area contributed by atoms with E-state index in [1.54, 1.807) is 0 Å². The minimum absolute atomic E-state index is 0.616. The monoisotopic (exact) mass is 194 g/mol. The lowest BCUT2D eigenvalue weighted by Gasteiger charge is -2.17. The second kappa shape index (κ2) is 2.96. The summed E-state index contributed by atoms with van der Waals surface area (Å²) in [6.07, 6.45) is 5.68. The van der Waals surface area contributed by atoms with Crippen LogP contribution < -0.4 is 0 Å². The van der Waals surface area contributed by atoms with Crippen LogP contribution in [0.15, 0.2) is 48.6 Å². The molecular formula is C15H14. The van der Waals surface area contributed by atoms with Crippen molar-refractivity contribution in [2.24, 2.45) is 5.92 Å². The molecule has 3 rings (SSSR count). The third-order valence-electron chi connectivity index (χ3n) is 3.42. The van der Waals surface area contributed by atoms with Gasteiger partial charge in [0.05, 0.1) is 0 Å². The number of allylic oxidation sites excluding steroid dienone is 5. The standard InChI is InChI=1S/C15H14/c1-10-6-5-9-14-13-8-4-3-7-12(13)11(2)15(10)14/h3-5,7-10H,2,6H2,1H3. The molecule has 0 amide bonds. The van der Waals surface area contributed by atoms with E-state index in [2.05, 4.69) is 49.9 Å². The van der Waals surface area contributed by atoms with E-state index in [4.69, 9.17) is 0 Å². The predicted octanol–water partition coefficient (Wildman–Crippen LogP) is 4.06. The summed E-state index contributed by atoms with van der Waals surface area (Å²) in [4.78, 5) is 0. The fourth-order valence-corrected chi connectivity index (χ4v) is 2.68. The second-order valence-electron chi connectivity index (χ2n) is 4.39. The average Bonchev–Trinajstić information content (AvgIpc) is 2.55. The van der Waals surface area contributed by atoms with Crippen molar-refractivity contribution >= 4 is 11.1 Å². The minimum atomic E-state index is 0.616. The van der Waals surface area contributed by atoms with Gasteiger partial charge in [-0.1, -0.05) is 49.9 Å². The zero-order valence-electron chi connectivity index (χ0n) is 8.96. The van der Waals surface area contributed by atoms with Crippen LogP contribution in [-0.4, -0.2) is 0 Å². The van der Waals surface area contributed by atoms with Crippen LogP contribution >= 0.6 is 0 Å². The smallest absolute Gasteiger partial charge is 0.0103 e. The van der Waals surface area contributed by atoms with Crippen molar-refractivity contribution in [1.29, 1.82) is 0 Å². The molecule has 0 fully saturated rings. The molecule has 0 heteroatoms. The van der Waals surface area contributed by atoms with Crippen LogP contribution in [0.1, 0.15) is 24.5 Å². The highest BCUT2D eigenvalue weighted by atomic mass is 14.3. The maximum absolute atomic E-state index is 4.24. The normalized spacial score (nSPS) is 23.0. The molecule has 0 radical (unpaired) electrons. The summed E-state index contributed by atoms with van der Waals surface area (Å²) >= 11 is 0. The first kappa shape index (κ1) is 8.72. The van der Waals surface area contributed by atoms with Crippen molar-refractivity contribution < 1.29 is 0 Å². The summed E-state index contributed by atoms with van der Waals surface area (Å²) in [5, 5.41) is 0. The van der Waals surface area contributed by atoms with Gasteiger partial charge in [0.15, 0.2) is 0 Å². The van der Waals surface area contributed by atoms with E-state index in [9.17, 15) is 0 Å². The Morgan fingerprint density at radius 2 is 1.93 bits per heavy atom. The molecule has 0 aliphatic heterocycles. The molecule has 1 unspecified atom stereocenters. The van der Waals surface area contributed by atoms with E-state index in [-0.39, 0.29) is 0 Å². The van der Waals surface area contributed by atoms with E-state index >= 15 is 0 Å². The van der Waals surface area contributed by atoms with Crippen molar-refractivity contribution in [2.75, 3.05) is 0 Å². The first-order valence-corrected chi connectivity index (χ1v) is 5.49. The molecule has 15 heavy (non-hydrogen) atoms. The quantitative estimate of drug-likeness (QED) is 0.584. The summed E-state index contributed by atoms with van der Waals surface area (Å²) in [6, 6.07) is 8.58. The maximum atomic E-state index is 4.24. The minimum Gasteiger partial charge on any atom is -0.0908 e. The van der Waals surface area contributed by atoms with Crippen LogP contribution in [0.3, 0.4) is 0 Å². The van der Waals surface area contributed by atoms with Crippen LogP contribution in [0, 0.1) is 5.92 Å². The Hall–Kier alpha value is -1.56. The largest absolute Gasteiger partial charge is 0.0908 e. The third kappa shape index (κ3) is 1.08. The molecule has 0 bridgehead atoms. The van der Waals surface area contributed by atoms with Gasteiger partial charge in [0.25, 0.3) is 0 Å². The van der Waals surface area contributed by atoms with Gasteiger partial charge in [0, 0.05) is 0 Å². The van der Waals surface area contributed by atoms with E-state index in [0.29, 0.717) is 5.92 Å². The number of fused-ring (bicyclic) bond motifs is 2. The molecule has 0 heterocycles. The van der Waals surface area contributed by atoms with Crippen molar-refractivity contribution in [3.63, 3.8) is 0 Å². The van der Waals surface area contributed by atoms with Gasteiger partial charge < -0.3 is 0 Å². The number of benzene rings is 1. The Labute approximate surface area is 90.6 Å². The second-order valence-corrected chi connectivity index (χ2v) is 4.39. The predicted molar refractivity (Wildman–Crippen MR) is 65.3 cm³/mol. The molecule has 1 aromatic carbocycles. The van der Waals surface area contributed by atoms with Crippen LogP contribution in [0.5, 0.6) is 0 Å². The van der Waals surface area contributed by atoms with Gasteiger partial charge in [0.1, 0.15) is 0 Å². The zero-order chi connectivity index (χ0) is 10.4. The lowest BCUT2D eigenvalue weighted by molar-refractivity contribution is 0.715. The van der Waals surface area contributed by atoms with Crippen LogP contribution in [0.2, 0.25) is 0 Å². The summed E-state index contributed by atoms with van der Waals surface area (Å²) in [5.41, 5.74) is 6.77. The Morgan fingerprint density at radius 1 is 1.20 bits per heavy atom. The summed E-state index contributed by atoms with van der Waals surface area (Å²) in [6.45, 7) is 6.53. The molecule has 0 saturated carbocycles. The highest BCUT2D eigenvalue weighted by Gasteiger charge is 2.27. The number of hydrogen-bond acceptors (Lipinski definition) is 0. The third-order valence-corrected chi connectivity index (χ3v) is 3.42. The lowest BCUT2D eigenvalue weighted by Crippen LogP contribution is -2.01. The summed E-state index contributed by atoms with van der Waals surface area (Å²) in [5.74, 6) is 0.616. The van der Waals surface area contributed by atoms with E-state index in [0.717, 1.165) is 6.42 Å². The first-order chi connectivity index (χ1) is 7.29. The van der Waals surface area contributed by atoms with Gasteiger partial charge >= 0.3 is 0 Å². The van der Waals surface area contributed by atoms with Gasteiger partial charge in [-0.05, 0) is 40.2 Å². The topological polar surface area (TPSA) is 0 Å². The average molecular weight is 194 g/mol. The van der Waals surface area contributed by atoms with Gasteiger partial charge in [0.2, 0.25) is 0 Å². The fraction of sp³-hybridized carbons (Fsp3) is 0.200. The van der Waals surface area contributed by atoms with Crippen LogP contribution in [0.4, 0.5) is 0 Å². The highest BCUT2D eigenvalue weighted by Crippen LogP contribution is 2.46. The van der Waals surface area contributed by atoms with E-state index in [1.165, 1.54) is 27.8 Å². The van der Waals surface area contributed by atoms with Crippen molar-refractivity contribution in [3.05, 3.63) is 59.7 Å². The fourth-order valence-electron chi connectivity index (χ4n) is 2.68. The van der Waals surface area contributed by atoms with Crippen LogP contribution in [0.25, 0.3) is 11.1 Å². The van der Waals surface area contributed by atoms with Gasteiger partial charge in [-0.25, -0.2) is 0 Å². The molecule has 0 saturated heterocycles. The van der Waals surface area contributed by atoms with Crippen molar-refractivity contribution in [3.8, 4) is 0 Å². The van der Waals surface area contributed by atoms with Crippen molar-refractivity contribution in [2.45, 2.75) is 13.3 Å². The number of hydrogen-bond donors (Lipinski definition) is 0. The summed E-state index contributed by atoms with van der Waals surface area (Å²) < 4.78 is 0.